The zero-order valence-electron chi connectivity index (χ0n) is 29.5. The maximum Gasteiger partial charge on any atom is 0.413 e. The molecule has 0 aliphatic rings. The van der Waals surface area contributed by atoms with Crippen molar-refractivity contribution in [3.63, 3.8) is 0 Å². The summed E-state index contributed by atoms with van der Waals surface area (Å²) in [6.07, 6.45) is -0.615. The van der Waals surface area contributed by atoms with Crippen molar-refractivity contribution in [2.45, 2.75) is 57.7 Å². The first-order chi connectivity index (χ1) is 24.0. The van der Waals surface area contributed by atoms with Gasteiger partial charge in [-0.1, -0.05) is 142 Å². The minimum Gasteiger partial charge on any atom is -0.479 e. The topological polar surface area (TPSA) is 87.5 Å². The van der Waals surface area contributed by atoms with Gasteiger partial charge in [0.15, 0.2) is 8.32 Å². The number of anilines is 1. The second kappa shape index (κ2) is 14.3. The fraction of sp³-hybridized carbons (Fsp3) is 0.244. The molecule has 50 heavy (non-hydrogen) atoms. The summed E-state index contributed by atoms with van der Waals surface area (Å²) in [6, 6.07) is 42.3. The molecule has 2 heterocycles. The van der Waals surface area contributed by atoms with Gasteiger partial charge in [-0.15, -0.1) is 5.10 Å². The molecule has 0 spiro atoms. The van der Waals surface area contributed by atoms with Gasteiger partial charge in [0.1, 0.15) is 18.0 Å². The molecule has 6 aromatic rings. The highest BCUT2D eigenvalue weighted by Crippen LogP contribution is 2.45. The molecular formula is C41H44N4O4Si. The molecule has 2 aromatic heterocycles. The zero-order valence-corrected chi connectivity index (χ0v) is 30.5. The number of hydrogen-bond acceptors (Lipinski definition) is 6. The Morgan fingerprint density at radius 2 is 1.26 bits per heavy atom. The molecule has 0 aliphatic heterocycles. The number of carbonyl (C=O) groups excluding carboxylic acids is 1. The molecule has 256 valence electrons. The molecule has 0 saturated carbocycles. The van der Waals surface area contributed by atoms with E-state index in [0.29, 0.717) is 28.3 Å². The Labute approximate surface area is 295 Å². The molecule has 0 saturated heterocycles. The largest absolute Gasteiger partial charge is 0.479 e. The van der Waals surface area contributed by atoms with Gasteiger partial charge in [0.2, 0.25) is 5.88 Å². The van der Waals surface area contributed by atoms with Crippen molar-refractivity contribution in [1.82, 2.24) is 14.8 Å². The summed E-state index contributed by atoms with van der Waals surface area (Å²) in [4.78, 5) is 18.2. The molecule has 0 bridgehead atoms. The maximum atomic E-state index is 13.2. The predicted molar refractivity (Wildman–Crippen MR) is 201 cm³/mol. The average molecular weight is 685 g/mol. The van der Waals surface area contributed by atoms with Gasteiger partial charge in [0.05, 0.1) is 30.3 Å². The van der Waals surface area contributed by atoms with Gasteiger partial charge in [-0.25, -0.2) is 14.5 Å². The number of methoxy groups -OCH3 is 1. The summed E-state index contributed by atoms with van der Waals surface area (Å²) in [6.45, 7) is 11.4. The van der Waals surface area contributed by atoms with E-state index in [1.54, 1.807) is 7.11 Å². The number of amides is 1. The van der Waals surface area contributed by atoms with Crippen molar-refractivity contribution in [2.75, 3.05) is 12.4 Å². The monoisotopic (exact) mass is 684 g/mol. The van der Waals surface area contributed by atoms with Crippen LogP contribution in [0, 0.1) is 0 Å². The van der Waals surface area contributed by atoms with Crippen molar-refractivity contribution in [2.24, 2.45) is 0 Å². The summed E-state index contributed by atoms with van der Waals surface area (Å²) in [5.74, 6) is 0.725. The van der Waals surface area contributed by atoms with E-state index in [4.69, 9.17) is 24.0 Å². The van der Waals surface area contributed by atoms with Crippen molar-refractivity contribution in [3.05, 3.63) is 155 Å². The van der Waals surface area contributed by atoms with Crippen LogP contribution in [0.15, 0.2) is 127 Å². The summed E-state index contributed by atoms with van der Waals surface area (Å²) in [5.41, 5.74) is 4.25. The fourth-order valence-electron chi connectivity index (χ4n) is 5.98. The van der Waals surface area contributed by atoms with Crippen LogP contribution in [0.4, 0.5) is 10.6 Å². The van der Waals surface area contributed by atoms with Crippen molar-refractivity contribution >= 4 is 31.1 Å². The second-order valence-corrected chi connectivity index (χ2v) is 18.6. The van der Waals surface area contributed by atoms with Crippen LogP contribution in [-0.4, -0.2) is 36.3 Å². The number of pyridine rings is 1. The first-order valence-electron chi connectivity index (χ1n) is 16.8. The molecule has 9 heteroatoms. The van der Waals surface area contributed by atoms with Crippen LogP contribution in [-0.2, 0) is 27.9 Å². The molecule has 6 rings (SSSR count). The fourth-order valence-corrected chi connectivity index (χ4v) is 6.91. The normalized spacial score (nSPS) is 12.1. The van der Waals surface area contributed by atoms with Crippen LogP contribution in [0.3, 0.4) is 0 Å². The van der Waals surface area contributed by atoms with Crippen LogP contribution in [0.25, 0.3) is 10.9 Å². The summed E-state index contributed by atoms with van der Waals surface area (Å²) in [5, 5.41) is 8.81. The van der Waals surface area contributed by atoms with Crippen LogP contribution >= 0.6 is 0 Å². The van der Waals surface area contributed by atoms with E-state index in [0.717, 1.165) is 22.3 Å². The Morgan fingerprint density at radius 3 is 1.74 bits per heavy atom. The molecule has 0 fully saturated rings. The van der Waals surface area contributed by atoms with Gasteiger partial charge in [-0.05, 0) is 40.4 Å². The van der Waals surface area contributed by atoms with E-state index < -0.39 is 19.9 Å². The Balaban J connectivity index is 1.59. The number of ether oxygens (including phenoxy) is 2. The van der Waals surface area contributed by atoms with E-state index >= 15 is 0 Å². The first kappa shape index (κ1) is 34.6. The van der Waals surface area contributed by atoms with Crippen LogP contribution in [0.2, 0.25) is 18.1 Å². The lowest BCUT2D eigenvalue weighted by Crippen LogP contribution is -2.40. The molecule has 4 aromatic carbocycles. The first-order valence-corrected chi connectivity index (χ1v) is 19.7. The minimum atomic E-state index is -2.21. The lowest BCUT2D eigenvalue weighted by Gasteiger charge is -2.37. The van der Waals surface area contributed by atoms with Crippen LogP contribution < -0.4 is 10.1 Å². The number of rotatable bonds is 11. The molecule has 0 unspecified atom stereocenters. The lowest BCUT2D eigenvalue weighted by molar-refractivity contribution is 0.155. The SMILES string of the molecule is COc1nn(C(c2ccccc2)(c2ccccc2)c2ccccc2)c2cc(NC(=O)OCc3ccccc3)nc(CO[Si](C)(C)C(C)(C)C)c12. The standard InChI is InChI=1S/C41H44N4O4Si/c1-40(2,3)50(5,6)49-29-34-37-35(27-36(42-34)43-39(46)48-28-30-19-11-7-12-20-30)45(44-38(37)47-4)41(31-21-13-8-14-22-31,32-23-15-9-16-24-32)33-25-17-10-18-26-33/h7-27H,28-29H2,1-6H3,(H,42,43,46). The number of nitrogens with one attached hydrogen (secondary N) is 1. The number of carbonyl (C=O) groups is 1. The number of fused-ring (bicyclic) bond motifs is 1. The Bertz CT molecular complexity index is 1950. The third-order valence-corrected chi connectivity index (χ3v) is 14.1. The Morgan fingerprint density at radius 1 is 0.760 bits per heavy atom. The molecule has 0 atom stereocenters. The van der Waals surface area contributed by atoms with Crippen molar-refractivity contribution < 1.29 is 18.7 Å². The van der Waals surface area contributed by atoms with Crippen LogP contribution in [0.5, 0.6) is 5.88 Å². The van der Waals surface area contributed by atoms with Crippen LogP contribution in [0.1, 0.15) is 48.7 Å². The number of hydrogen-bond donors (Lipinski definition) is 1. The van der Waals surface area contributed by atoms with Gasteiger partial charge in [0.25, 0.3) is 0 Å². The second-order valence-electron chi connectivity index (χ2n) is 13.8. The van der Waals surface area contributed by atoms with Gasteiger partial charge in [-0.3, -0.25) is 5.32 Å². The number of benzene rings is 4. The van der Waals surface area contributed by atoms with E-state index in [9.17, 15) is 4.79 Å². The molecular weight excluding hydrogens is 641 g/mol. The van der Waals surface area contributed by atoms with Gasteiger partial charge >= 0.3 is 6.09 Å². The highest BCUT2D eigenvalue weighted by Gasteiger charge is 2.42. The Kier molecular flexibility index (Phi) is 9.90. The number of aromatic nitrogens is 3. The minimum absolute atomic E-state index is 0.0272. The molecule has 1 amide bonds. The third kappa shape index (κ3) is 6.79. The summed E-state index contributed by atoms with van der Waals surface area (Å²) >= 11 is 0. The van der Waals surface area contributed by atoms with Gasteiger partial charge in [-0.2, -0.15) is 0 Å². The lowest BCUT2D eigenvalue weighted by atomic mass is 9.77. The highest BCUT2D eigenvalue weighted by atomic mass is 28.4. The van der Waals surface area contributed by atoms with Crippen molar-refractivity contribution in [1.29, 1.82) is 0 Å². The summed E-state index contributed by atoms with van der Waals surface area (Å²) in [7, 11) is -0.592. The third-order valence-electron chi connectivity index (χ3n) is 9.61. The van der Waals surface area contributed by atoms with Crippen molar-refractivity contribution in [3.8, 4) is 5.88 Å². The predicted octanol–water partition coefficient (Wildman–Crippen LogP) is 9.55. The Hall–Kier alpha value is -5.25. The quantitative estimate of drug-likeness (QED) is 0.108. The maximum absolute atomic E-state index is 13.2. The molecule has 1 N–H and O–H groups in total. The van der Waals surface area contributed by atoms with E-state index in [-0.39, 0.29) is 18.3 Å². The zero-order chi connectivity index (χ0) is 35.4. The van der Waals surface area contributed by atoms with E-state index in [1.165, 1.54) is 0 Å². The van der Waals surface area contributed by atoms with E-state index in [1.807, 2.05) is 95.7 Å². The molecule has 8 nitrogen and oxygen atoms in total. The van der Waals surface area contributed by atoms with Gasteiger partial charge in [0, 0.05) is 6.07 Å². The average Bonchev–Trinajstić information content (AvgIpc) is 3.50. The summed E-state index contributed by atoms with van der Waals surface area (Å²) < 4.78 is 20.4. The molecule has 0 aliphatic carbocycles. The van der Waals surface area contributed by atoms with Gasteiger partial charge < -0.3 is 13.9 Å². The van der Waals surface area contributed by atoms with E-state index in [2.05, 4.69) is 75.6 Å². The molecule has 0 radical (unpaired) electrons. The smallest absolute Gasteiger partial charge is 0.413 e. The number of nitrogens with zero attached hydrogens (tertiary/aromatic N) is 3. The highest BCUT2D eigenvalue weighted by molar-refractivity contribution is 6.74.